The summed E-state index contributed by atoms with van der Waals surface area (Å²) in [4.78, 5) is 20.9. The predicted molar refractivity (Wildman–Crippen MR) is 125 cm³/mol. The maximum atomic E-state index is 15.2. The van der Waals surface area contributed by atoms with Gasteiger partial charge in [0.05, 0.1) is 11.4 Å². The molecule has 7 heteroatoms. The van der Waals surface area contributed by atoms with Crippen molar-refractivity contribution in [1.82, 2.24) is 10.3 Å². The number of aromatic nitrogens is 1. The Labute approximate surface area is 185 Å². The number of piperidine rings is 1. The maximum Gasteiger partial charge on any atom is 0.263 e. The zero-order valence-corrected chi connectivity index (χ0v) is 18.5. The van der Waals surface area contributed by atoms with E-state index >= 15 is 4.39 Å². The van der Waals surface area contributed by atoms with Crippen LogP contribution in [0.2, 0.25) is 0 Å². The molecule has 3 heterocycles. The van der Waals surface area contributed by atoms with Gasteiger partial charge in [-0.15, -0.1) is 11.3 Å². The minimum Gasteiger partial charge on any atom is -0.397 e. The van der Waals surface area contributed by atoms with Crippen molar-refractivity contribution in [3.05, 3.63) is 51.8 Å². The van der Waals surface area contributed by atoms with Crippen molar-refractivity contribution >= 4 is 38.8 Å². The summed E-state index contributed by atoms with van der Waals surface area (Å²) in [7, 11) is 0. The summed E-state index contributed by atoms with van der Waals surface area (Å²) in [5, 5.41) is 3.94. The van der Waals surface area contributed by atoms with Gasteiger partial charge < -0.3 is 16.0 Å². The van der Waals surface area contributed by atoms with E-state index in [-0.39, 0.29) is 17.8 Å². The van der Waals surface area contributed by atoms with E-state index in [4.69, 9.17) is 5.73 Å². The Balaban J connectivity index is 1.32. The van der Waals surface area contributed by atoms with Crippen molar-refractivity contribution in [3.8, 4) is 0 Å². The van der Waals surface area contributed by atoms with Gasteiger partial charge in [-0.25, -0.2) is 9.37 Å². The van der Waals surface area contributed by atoms with Crippen molar-refractivity contribution in [2.24, 2.45) is 0 Å². The first-order chi connectivity index (χ1) is 15.0. The Kier molecular flexibility index (Phi) is 5.30. The fourth-order valence-electron chi connectivity index (χ4n) is 4.81. The minimum absolute atomic E-state index is 0.0282. The number of hydrogen-bond donors (Lipinski definition) is 2. The molecular formula is C24H27FN4OS. The van der Waals surface area contributed by atoms with E-state index in [1.807, 2.05) is 31.2 Å². The van der Waals surface area contributed by atoms with E-state index in [1.54, 1.807) is 0 Å². The zero-order chi connectivity index (χ0) is 21.5. The summed E-state index contributed by atoms with van der Waals surface area (Å²) in [5.41, 5.74) is 10.2. The Morgan fingerprint density at radius 2 is 2.03 bits per heavy atom. The summed E-state index contributed by atoms with van der Waals surface area (Å²) in [6.45, 7) is 3.78. The average molecular weight is 439 g/mol. The number of pyridine rings is 1. The van der Waals surface area contributed by atoms with Gasteiger partial charge in [0, 0.05) is 30.2 Å². The molecule has 0 radical (unpaired) electrons. The highest BCUT2D eigenvalue weighted by molar-refractivity contribution is 7.21. The lowest BCUT2D eigenvalue weighted by Crippen LogP contribution is -2.39. The molecule has 1 aromatic carbocycles. The normalized spacial score (nSPS) is 18.8. The van der Waals surface area contributed by atoms with E-state index in [2.05, 4.69) is 15.2 Å². The number of nitrogens with two attached hydrogens (primary N) is 1. The lowest BCUT2D eigenvalue weighted by Gasteiger charge is -2.32. The third kappa shape index (κ3) is 3.76. The molecule has 1 amide bonds. The molecule has 31 heavy (non-hydrogen) atoms. The summed E-state index contributed by atoms with van der Waals surface area (Å²) in [6, 6.07) is 7.75. The Morgan fingerprint density at radius 3 is 2.84 bits per heavy atom. The average Bonchev–Trinajstić information content (AvgIpc) is 3.10. The molecule has 1 saturated heterocycles. The molecule has 3 aromatic rings. The molecule has 1 aliphatic heterocycles. The van der Waals surface area contributed by atoms with E-state index in [0.29, 0.717) is 23.4 Å². The van der Waals surface area contributed by atoms with Crippen LogP contribution in [-0.4, -0.2) is 30.0 Å². The molecule has 0 saturated carbocycles. The second-order valence-corrected chi connectivity index (χ2v) is 9.65. The Morgan fingerprint density at radius 1 is 1.23 bits per heavy atom. The Bertz CT molecular complexity index is 1150. The lowest BCUT2D eigenvalue weighted by molar-refractivity contribution is 0.0938. The number of thiophene rings is 1. The molecule has 1 atom stereocenters. The summed E-state index contributed by atoms with van der Waals surface area (Å²) in [6.07, 6.45) is 5.48. The lowest BCUT2D eigenvalue weighted by atomic mass is 9.87. The molecule has 3 N–H and O–H groups in total. The van der Waals surface area contributed by atoms with Gasteiger partial charge in [-0.1, -0.05) is 6.07 Å². The van der Waals surface area contributed by atoms with Gasteiger partial charge in [-0.2, -0.15) is 0 Å². The van der Waals surface area contributed by atoms with Crippen LogP contribution in [0.25, 0.3) is 10.2 Å². The SMILES string of the molecule is Cc1ccc2c(N)c(C(=O)N[C@H]3CCc4c(ccc(N5CCCCC5)c4F)C3)sc2n1. The van der Waals surface area contributed by atoms with Crippen LogP contribution >= 0.6 is 11.3 Å². The van der Waals surface area contributed by atoms with Gasteiger partial charge in [0.1, 0.15) is 15.5 Å². The molecule has 5 nitrogen and oxygen atoms in total. The second-order valence-electron chi connectivity index (χ2n) is 8.65. The van der Waals surface area contributed by atoms with Crippen molar-refractivity contribution in [2.45, 2.75) is 51.5 Å². The maximum absolute atomic E-state index is 15.2. The monoisotopic (exact) mass is 438 g/mol. The van der Waals surface area contributed by atoms with Crippen LogP contribution in [0, 0.1) is 12.7 Å². The molecule has 0 bridgehead atoms. The molecule has 0 spiro atoms. The predicted octanol–water partition coefficient (Wildman–Crippen LogP) is 4.60. The smallest absolute Gasteiger partial charge is 0.263 e. The highest BCUT2D eigenvalue weighted by Gasteiger charge is 2.27. The molecule has 2 aliphatic rings. The molecule has 0 unspecified atom stereocenters. The number of rotatable bonds is 3. The first kappa shape index (κ1) is 20.2. The number of nitrogens with zero attached hydrogens (tertiary/aromatic N) is 2. The number of nitrogens with one attached hydrogen (secondary N) is 1. The van der Waals surface area contributed by atoms with Gasteiger partial charge >= 0.3 is 0 Å². The first-order valence-electron chi connectivity index (χ1n) is 11.0. The van der Waals surface area contributed by atoms with Crippen LogP contribution in [0.5, 0.6) is 0 Å². The number of amides is 1. The number of nitrogen functional groups attached to an aromatic ring is 1. The molecule has 1 aliphatic carbocycles. The molecule has 2 aromatic heterocycles. The molecular weight excluding hydrogens is 411 g/mol. The van der Waals surface area contributed by atoms with E-state index in [9.17, 15) is 4.79 Å². The van der Waals surface area contributed by atoms with Gasteiger partial charge in [0.25, 0.3) is 5.91 Å². The van der Waals surface area contributed by atoms with Gasteiger partial charge in [0.15, 0.2) is 0 Å². The van der Waals surface area contributed by atoms with Crippen molar-refractivity contribution < 1.29 is 9.18 Å². The fraction of sp³-hybridized carbons (Fsp3) is 0.417. The topological polar surface area (TPSA) is 71.2 Å². The second kappa shape index (κ2) is 8.11. The number of carbonyl (C=O) groups excluding carboxylic acids is 1. The highest BCUT2D eigenvalue weighted by atomic mass is 32.1. The number of fused-ring (bicyclic) bond motifs is 2. The largest absolute Gasteiger partial charge is 0.397 e. The van der Waals surface area contributed by atoms with Gasteiger partial charge in [0.2, 0.25) is 0 Å². The van der Waals surface area contributed by atoms with Crippen LogP contribution < -0.4 is 16.0 Å². The van der Waals surface area contributed by atoms with Crippen molar-refractivity contribution in [1.29, 1.82) is 0 Å². The third-order valence-electron chi connectivity index (χ3n) is 6.50. The standard InChI is InChI=1S/C24H27FN4OS/c1-14-5-8-18-21(26)22(31-24(18)27-14)23(30)28-16-7-9-17-15(13-16)6-10-19(20(17)25)29-11-3-2-4-12-29/h5-6,8,10,16H,2-4,7,9,11-13,26H2,1H3,(H,28,30)/t16-/m0/s1. The Hall–Kier alpha value is -2.67. The number of carbonyl (C=O) groups is 1. The summed E-state index contributed by atoms with van der Waals surface area (Å²) >= 11 is 1.33. The number of anilines is 2. The van der Waals surface area contributed by atoms with Crippen LogP contribution in [0.1, 0.15) is 52.2 Å². The highest BCUT2D eigenvalue weighted by Crippen LogP contribution is 2.34. The number of aryl methyl sites for hydroxylation is 1. The fourth-order valence-corrected chi connectivity index (χ4v) is 5.85. The van der Waals surface area contributed by atoms with E-state index in [0.717, 1.165) is 65.1 Å². The number of halogens is 1. The third-order valence-corrected chi connectivity index (χ3v) is 7.61. The summed E-state index contributed by atoms with van der Waals surface area (Å²) < 4.78 is 15.2. The zero-order valence-electron chi connectivity index (χ0n) is 17.7. The van der Waals surface area contributed by atoms with Crippen molar-refractivity contribution in [2.75, 3.05) is 23.7 Å². The van der Waals surface area contributed by atoms with E-state index < -0.39 is 0 Å². The number of benzene rings is 1. The molecule has 1 fully saturated rings. The van der Waals surface area contributed by atoms with Crippen LogP contribution in [0.15, 0.2) is 24.3 Å². The van der Waals surface area contributed by atoms with Gasteiger partial charge in [-0.05, 0) is 74.8 Å². The van der Waals surface area contributed by atoms with Crippen molar-refractivity contribution in [3.63, 3.8) is 0 Å². The minimum atomic E-state index is -0.169. The first-order valence-corrected chi connectivity index (χ1v) is 11.8. The quantitative estimate of drug-likeness (QED) is 0.627. The molecule has 162 valence electrons. The van der Waals surface area contributed by atoms with E-state index in [1.165, 1.54) is 17.8 Å². The van der Waals surface area contributed by atoms with Crippen LogP contribution in [-0.2, 0) is 12.8 Å². The number of hydrogen-bond acceptors (Lipinski definition) is 5. The molecule has 5 rings (SSSR count). The van der Waals surface area contributed by atoms with Crippen LogP contribution in [0.3, 0.4) is 0 Å². The van der Waals surface area contributed by atoms with Crippen LogP contribution in [0.4, 0.5) is 15.8 Å². The van der Waals surface area contributed by atoms with Gasteiger partial charge in [-0.3, -0.25) is 4.79 Å². The summed E-state index contributed by atoms with van der Waals surface area (Å²) in [5.74, 6) is -0.239.